The number of anilines is 3. The van der Waals surface area contributed by atoms with E-state index in [-0.39, 0.29) is 21.1 Å². The van der Waals surface area contributed by atoms with E-state index < -0.39 is 5.41 Å². The quantitative estimate of drug-likeness (QED) is 0.118. The summed E-state index contributed by atoms with van der Waals surface area (Å²) in [5, 5.41) is 2.30. The van der Waals surface area contributed by atoms with Gasteiger partial charge in [-0.05, 0) is 82.9 Å². The second-order valence-electron chi connectivity index (χ2n) is 14.8. The van der Waals surface area contributed by atoms with Gasteiger partial charge in [-0.25, -0.2) is 4.98 Å². The molecule has 1 aliphatic heterocycles. The Morgan fingerprint density at radius 1 is 0.579 bits per heavy atom. The molecule has 0 amide bonds. The van der Waals surface area contributed by atoms with E-state index in [0.29, 0.717) is 0 Å². The molecule has 57 heavy (non-hydrogen) atoms. The summed E-state index contributed by atoms with van der Waals surface area (Å²) in [4.78, 5) is 9.69. The molecule has 10 rings (SSSR count). The molecule has 9 aromatic rings. The molecule has 0 aliphatic carbocycles. The minimum Gasteiger partial charge on any atom is -0.355 e. The van der Waals surface area contributed by atoms with E-state index in [2.05, 4.69) is 217 Å². The first-order valence-corrected chi connectivity index (χ1v) is 19.2. The van der Waals surface area contributed by atoms with Gasteiger partial charge in [-0.3, -0.25) is 0 Å². The third-order valence-electron chi connectivity index (χ3n) is 11.6. The summed E-state index contributed by atoms with van der Waals surface area (Å²) < 4.78 is 2.29. The van der Waals surface area contributed by atoms with Crippen LogP contribution in [0.4, 0.5) is 17.1 Å². The summed E-state index contributed by atoms with van der Waals surface area (Å²) in [7, 11) is 2.15. The molecular weight excluding hydrogens is 876 g/mol. The minimum absolute atomic E-state index is 0. The van der Waals surface area contributed by atoms with Gasteiger partial charge in [0.2, 0.25) is 0 Å². The number of nitrogens with zero attached hydrogens (tertiary/aromatic N) is 4. The van der Waals surface area contributed by atoms with Crippen molar-refractivity contribution in [2.45, 2.75) is 19.3 Å². The molecule has 0 spiro atoms. The Balaban J connectivity index is 0.00000422. The van der Waals surface area contributed by atoms with Crippen LogP contribution >= 0.6 is 0 Å². The number of para-hydroxylation sites is 3. The number of hydrogen-bond acceptors (Lipinski definition) is 3. The zero-order valence-corrected chi connectivity index (χ0v) is 34.3. The van der Waals surface area contributed by atoms with Gasteiger partial charge in [-0.2, -0.15) is 36.4 Å². The van der Waals surface area contributed by atoms with Gasteiger partial charge in [-0.1, -0.05) is 120 Å². The number of hydrogen-bond donors (Lipinski definition) is 0. The molecule has 0 fully saturated rings. The van der Waals surface area contributed by atoms with Crippen molar-refractivity contribution < 1.29 is 21.1 Å². The monoisotopic (exact) mass is 915 g/mol. The Bertz CT molecular complexity index is 2840. The second-order valence-corrected chi connectivity index (χ2v) is 14.8. The molecule has 0 bridgehead atoms. The van der Waals surface area contributed by atoms with Gasteiger partial charge >= 0.3 is 21.1 Å². The first-order chi connectivity index (χ1) is 27.5. The Morgan fingerprint density at radius 2 is 1.21 bits per heavy atom. The molecular formula is C52H40N4Pt. The molecule has 3 heterocycles. The van der Waals surface area contributed by atoms with Crippen LogP contribution in [-0.2, 0) is 26.5 Å². The molecule has 5 heteroatoms. The van der Waals surface area contributed by atoms with E-state index in [1.165, 1.54) is 33.5 Å². The van der Waals surface area contributed by atoms with Crippen LogP contribution in [0.3, 0.4) is 0 Å². The van der Waals surface area contributed by atoms with Gasteiger partial charge in [0.1, 0.15) is 5.82 Å². The molecule has 0 atom stereocenters. The van der Waals surface area contributed by atoms with Crippen LogP contribution in [-0.4, -0.2) is 23.3 Å². The maximum atomic E-state index is 5.04. The van der Waals surface area contributed by atoms with Gasteiger partial charge in [0, 0.05) is 24.2 Å². The van der Waals surface area contributed by atoms with E-state index >= 15 is 0 Å². The first-order valence-electron chi connectivity index (χ1n) is 19.2. The van der Waals surface area contributed by atoms with Gasteiger partial charge in [0.25, 0.3) is 0 Å². The molecule has 0 radical (unpaired) electrons. The van der Waals surface area contributed by atoms with E-state index in [0.717, 1.165) is 62.4 Å². The first kappa shape index (κ1) is 36.4. The number of fused-ring (bicyclic) bond motifs is 4. The maximum Gasteiger partial charge on any atom is 2.00 e. The van der Waals surface area contributed by atoms with Crippen molar-refractivity contribution in [3.05, 3.63) is 222 Å². The van der Waals surface area contributed by atoms with E-state index in [4.69, 9.17) is 4.98 Å². The normalized spacial score (nSPS) is 12.5. The minimum atomic E-state index is -0.757. The van der Waals surface area contributed by atoms with Crippen molar-refractivity contribution in [2.24, 2.45) is 0 Å². The van der Waals surface area contributed by atoms with Crippen LogP contribution in [0.15, 0.2) is 176 Å². The number of pyridine rings is 1. The zero-order chi connectivity index (χ0) is 37.8. The Kier molecular flexibility index (Phi) is 9.39. The van der Waals surface area contributed by atoms with Gasteiger partial charge < -0.3 is 14.4 Å². The molecule has 0 unspecified atom stereocenters. The fourth-order valence-corrected chi connectivity index (χ4v) is 9.04. The van der Waals surface area contributed by atoms with Crippen molar-refractivity contribution >= 4 is 38.9 Å². The van der Waals surface area contributed by atoms with Gasteiger partial charge in [-0.15, -0.1) is 22.6 Å². The molecule has 278 valence electrons. The third kappa shape index (κ3) is 5.90. The van der Waals surface area contributed by atoms with Crippen LogP contribution < -0.4 is 9.80 Å². The molecule has 0 saturated carbocycles. The zero-order valence-electron chi connectivity index (χ0n) is 32.1. The van der Waals surface area contributed by atoms with Crippen molar-refractivity contribution in [1.82, 2.24) is 9.55 Å². The number of benzene rings is 7. The average molecular weight is 916 g/mol. The summed E-state index contributed by atoms with van der Waals surface area (Å²) in [6.45, 7) is 5.11. The molecule has 4 nitrogen and oxygen atoms in total. The summed E-state index contributed by atoms with van der Waals surface area (Å²) in [5.41, 5.74) is 14.0. The number of aromatic nitrogens is 2. The Hall–Kier alpha value is -6.22. The predicted molar refractivity (Wildman–Crippen MR) is 231 cm³/mol. The maximum absolute atomic E-state index is 5.04. The summed E-state index contributed by atoms with van der Waals surface area (Å²) in [5.74, 6) is 0.861. The molecule has 2 aromatic heterocycles. The fourth-order valence-electron chi connectivity index (χ4n) is 9.04. The fraction of sp³-hybridized carbons (Fsp3) is 0.0962. The topological polar surface area (TPSA) is 24.3 Å². The predicted octanol–water partition coefficient (Wildman–Crippen LogP) is 12.0. The SMILES string of the molecule is Cc1cccc(C)c1-c1ccnc(-n2c3[c-]c(C(c4[c-]c(N5CN(C)c6ccccc65)ccc4)(c4ccccc4)c4ccccc4)ccc3c3ccccc32)c1.[Pt+2]. The standard InChI is InChI=1S/C52H40N4.Pt/c1-36-16-14-17-37(2)51(36)38-30-31-53-50(32-38)56-46-25-11-10-24-44(46)45-29-28-42(34-49(45)56)52(39-18-6-4-7-19-39,40-20-8-5-9-21-40)41-22-15-23-43(33-41)55-35-54(3)47-26-12-13-27-48(47)55;/h4-32H,35H2,1-3H3;/q-2;+2. The van der Waals surface area contributed by atoms with E-state index in [1.807, 2.05) is 6.20 Å². The average Bonchev–Trinajstić information content (AvgIpc) is 3.76. The Labute approximate surface area is 349 Å². The third-order valence-corrected chi connectivity index (χ3v) is 11.6. The summed E-state index contributed by atoms with van der Waals surface area (Å²) in [6.07, 6.45) is 1.94. The van der Waals surface area contributed by atoms with Crippen molar-refractivity contribution in [1.29, 1.82) is 0 Å². The summed E-state index contributed by atoms with van der Waals surface area (Å²) >= 11 is 0. The smallest absolute Gasteiger partial charge is 0.355 e. The Morgan fingerprint density at radius 3 is 1.95 bits per heavy atom. The van der Waals surface area contributed by atoms with Crippen LogP contribution in [0.25, 0.3) is 38.8 Å². The van der Waals surface area contributed by atoms with Crippen LogP contribution in [0.1, 0.15) is 33.4 Å². The van der Waals surface area contributed by atoms with Crippen LogP contribution in [0.2, 0.25) is 0 Å². The molecule has 1 aliphatic rings. The summed E-state index contributed by atoms with van der Waals surface area (Å²) in [6, 6.07) is 69.1. The number of rotatable bonds is 7. The van der Waals surface area contributed by atoms with Crippen LogP contribution in [0, 0.1) is 26.0 Å². The largest absolute Gasteiger partial charge is 2.00 e. The number of aryl methyl sites for hydroxylation is 2. The van der Waals surface area contributed by atoms with Crippen LogP contribution in [0.5, 0.6) is 0 Å². The second kappa shape index (κ2) is 14.7. The van der Waals surface area contributed by atoms with E-state index in [1.54, 1.807) is 0 Å². The van der Waals surface area contributed by atoms with Crippen molar-refractivity contribution in [3.63, 3.8) is 0 Å². The van der Waals surface area contributed by atoms with Gasteiger partial charge in [0.15, 0.2) is 0 Å². The van der Waals surface area contributed by atoms with Crippen molar-refractivity contribution in [2.75, 3.05) is 23.5 Å². The molecule has 0 N–H and O–H groups in total. The van der Waals surface area contributed by atoms with Crippen molar-refractivity contribution in [3.8, 4) is 16.9 Å². The molecule has 0 saturated heterocycles. The van der Waals surface area contributed by atoms with E-state index in [9.17, 15) is 0 Å². The van der Waals surface area contributed by atoms with Gasteiger partial charge in [0.05, 0.1) is 18.0 Å². The molecule has 7 aromatic carbocycles.